The number of rotatable bonds is 5. The first kappa shape index (κ1) is 12.6. The maximum atomic E-state index is 5.74. The third-order valence-electron chi connectivity index (χ3n) is 3.86. The topological polar surface area (TPSA) is 38.0 Å². The van der Waals surface area contributed by atoms with Crippen LogP contribution in [0.5, 0.6) is 0 Å². The third kappa shape index (κ3) is 3.55. The molecule has 2 rings (SSSR count). The summed E-state index contributed by atoms with van der Waals surface area (Å²) in [5, 5.41) is 3.67. The van der Waals surface area contributed by atoms with Gasteiger partial charge in [0.2, 0.25) is 0 Å². The summed E-state index contributed by atoms with van der Waals surface area (Å²) < 4.78 is 0. The Morgan fingerprint density at radius 1 is 1.24 bits per heavy atom. The van der Waals surface area contributed by atoms with Gasteiger partial charge in [0.15, 0.2) is 0 Å². The van der Waals surface area contributed by atoms with Crippen molar-refractivity contribution in [2.24, 2.45) is 11.7 Å². The molecule has 1 aliphatic rings. The molecule has 1 saturated carbocycles. The Balaban J connectivity index is 1.78. The molecule has 3 N–H and O–H groups in total. The van der Waals surface area contributed by atoms with Crippen molar-refractivity contribution >= 4 is 0 Å². The highest BCUT2D eigenvalue weighted by Crippen LogP contribution is 2.24. The second-order valence-electron chi connectivity index (χ2n) is 5.29. The summed E-state index contributed by atoms with van der Waals surface area (Å²) >= 11 is 0. The van der Waals surface area contributed by atoms with Crippen LogP contribution in [0.2, 0.25) is 0 Å². The third-order valence-corrected chi connectivity index (χ3v) is 3.86. The average Bonchev–Trinajstić information content (AvgIpc) is 2.76. The number of nitrogens with two attached hydrogens (primary N) is 1. The van der Waals surface area contributed by atoms with Crippen LogP contribution >= 0.6 is 0 Å². The fourth-order valence-electron chi connectivity index (χ4n) is 2.80. The zero-order chi connectivity index (χ0) is 12.1. The van der Waals surface area contributed by atoms with E-state index in [1.54, 1.807) is 0 Å². The van der Waals surface area contributed by atoms with Crippen LogP contribution in [-0.4, -0.2) is 12.6 Å². The molecule has 0 heterocycles. The smallest absolute Gasteiger partial charge is 0.0180 e. The second kappa shape index (κ2) is 6.18. The second-order valence-corrected chi connectivity index (χ2v) is 5.29. The Morgan fingerprint density at radius 2 is 2.00 bits per heavy atom. The summed E-state index contributed by atoms with van der Waals surface area (Å²) in [5.74, 6) is 0.906. The van der Waals surface area contributed by atoms with E-state index in [0.29, 0.717) is 6.54 Å². The van der Waals surface area contributed by atoms with E-state index in [0.717, 1.165) is 24.9 Å². The minimum atomic E-state index is 0.649. The number of nitrogens with one attached hydrogen (secondary N) is 1. The monoisotopic (exact) mass is 232 g/mol. The largest absolute Gasteiger partial charge is 0.326 e. The van der Waals surface area contributed by atoms with Crippen LogP contribution in [0.3, 0.4) is 0 Å². The van der Waals surface area contributed by atoms with Crippen molar-refractivity contribution < 1.29 is 0 Å². The normalized spacial score (nSPS) is 24.1. The van der Waals surface area contributed by atoms with E-state index in [4.69, 9.17) is 5.73 Å². The van der Waals surface area contributed by atoms with E-state index in [1.807, 2.05) is 0 Å². The van der Waals surface area contributed by atoms with E-state index in [9.17, 15) is 0 Å². The molecule has 0 amide bonds. The molecule has 1 aliphatic carbocycles. The van der Waals surface area contributed by atoms with Gasteiger partial charge >= 0.3 is 0 Å². The molecule has 1 aromatic carbocycles. The van der Waals surface area contributed by atoms with E-state index < -0.39 is 0 Å². The van der Waals surface area contributed by atoms with Gasteiger partial charge < -0.3 is 11.1 Å². The molecule has 94 valence electrons. The molecule has 2 heteroatoms. The molecule has 1 fully saturated rings. The zero-order valence-corrected chi connectivity index (χ0v) is 10.8. The van der Waals surface area contributed by atoms with E-state index in [1.165, 1.54) is 30.4 Å². The highest BCUT2D eigenvalue weighted by molar-refractivity contribution is 5.27. The summed E-state index contributed by atoms with van der Waals surface area (Å²) in [7, 11) is 0. The molecule has 0 aliphatic heterocycles. The molecular formula is C15H24N2. The molecule has 2 nitrogen and oxygen atoms in total. The van der Waals surface area contributed by atoms with Gasteiger partial charge in [-0.2, -0.15) is 0 Å². The summed E-state index contributed by atoms with van der Waals surface area (Å²) in [6.45, 7) is 4.08. The van der Waals surface area contributed by atoms with Crippen LogP contribution in [0, 0.1) is 5.92 Å². The van der Waals surface area contributed by atoms with Crippen molar-refractivity contribution in [1.29, 1.82) is 0 Å². The number of hydrogen-bond donors (Lipinski definition) is 2. The minimum Gasteiger partial charge on any atom is -0.326 e. The summed E-state index contributed by atoms with van der Waals surface area (Å²) in [5.41, 5.74) is 8.43. The maximum absolute atomic E-state index is 5.74. The van der Waals surface area contributed by atoms with Crippen molar-refractivity contribution in [3.05, 3.63) is 35.4 Å². The highest BCUT2D eigenvalue weighted by atomic mass is 14.9. The molecular weight excluding hydrogens is 208 g/mol. The number of benzene rings is 1. The van der Waals surface area contributed by atoms with Gasteiger partial charge in [0.25, 0.3) is 0 Å². The fraction of sp³-hybridized carbons (Fsp3) is 0.600. The first-order valence-corrected chi connectivity index (χ1v) is 6.80. The Kier molecular flexibility index (Phi) is 4.57. The molecule has 0 radical (unpaired) electrons. The zero-order valence-electron chi connectivity index (χ0n) is 10.8. The van der Waals surface area contributed by atoms with Crippen LogP contribution < -0.4 is 11.1 Å². The average molecular weight is 232 g/mol. The van der Waals surface area contributed by atoms with Gasteiger partial charge in [-0.15, -0.1) is 0 Å². The number of hydrogen-bond acceptors (Lipinski definition) is 2. The fourth-order valence-corrected chi connectivity index (χ4v) is 2.80. The molecule has 0 saturated heterocycles. The maximum Gasteiger partial charge on any atom is 0.0180 e. The summed E-state index contributed by atoms with van der Waals surface area (Å²) in [6.07, 6.45) is 5.17. The SMILES string of the molecule is CC1CCC(NCCc2ccccc2CN)C1. The molecule has 0 spiro atoms. The first-order chi connectivity index (χ1) is 8.29. The van der Waals surface area contributed by atoms with E-state index >= 15 is 0 Å². The van der Waals surface area contributed by atoms with Crippen molar-refractivity contribution in [3.63, 3.8) is 0 Å². The van der Waals surface area contributed by atoms with Gasteiger partial charge in [-0.05, 0) is 49.3 Å². The predicted molar refractivity (Wildman–Crippen MR) is 72.8 cm³/mol. The molecule has 17 heavy (non-hydrogen) atoms. The predicted octanol–water partition coefficient (Wildman–Crippen LogP) is 2.47. The molecule has 0 aromatic heterocycles. The van der Waals surface area contributed by atoms with Crippen molar-refractivity contribution in [3.8, 4) is 0 Å². The van der Waals surface area contributed by atoms with Crippen LogP contribution in [0.1, 0.15) is 37.3 Å². The molecule has 2 atom stereocenters. The summed E-state index contributed by atoms with van der Waals surface area (Å²) in [6, 6.07) is 9.24. The van der Waals surface area contributed by atoms with E-state index in [-0.39, 0.29) is 0 Å². The van der Waals surface area contributed by atoms with Crippen LogP contribution in [0.15, 0.2) is 24.3 Å². The lowest BCUT2D eigenvalue weighted by molar-refractivity contribution is 0.505. The Morgan fingerprint density at radius 3 is 2.65 bits per heavy atom. The molecule has 2 unspecified atom stereocenters. The molecule has 0 bridgehead atoms. The molecule has 1 aromatic rings. The van der Waals surface area contributed by atoms with Crippen LogP contribution in [0.4, 0.5) is 0 Å². The quantitative estimate of drug-likeness (QED) is 0.818. The lowest BCUT2D eigenvalue weighted by Crippen LogP contribution is -2.28. The van der Waals surface area contributed by atoms with Crippen molar-refractivity contribution in [1.82, 2.24) is 5.32 Å². The van der Waals surface area contributed by atoms with Gasteiger partial charge in [-0.3, -0.25) is 0 Å². The van der Waals surface area contributed by atoms with Crippen LogP contribution in [-0.2, 0) is 13.0 Å². The van der Waals surface area contributed by atoms with Crippen LogP contribution in [0.25, 0.3) is 0 Å². The summed E-state index contributed by atoms with van der Waals surface area (Å²) in [4.78, 5) is 0. The van der Waals surface area contributed by atoms with Crippen molar-refractivity contribution in [2.45, 2.75) is 45.2 Å². The van der Waals surface area contributed by atoms with E-state index in [2.05, 4.69) is 36.5 Å². The first-order valence-electron chi connectivity index (χ1n) is 6.80. The van der Waals surface area contributed by atoms with Gasteiger partial charge in [-0.1, -0.05) is 31.2 Å². The van der Waals surface area contributed by atoms with Gasteiger partial charge in [0.1, 0.15) is 0 Å². The Bertz CT molecular complexity index is 349. The Hall–Kier alpha value is -0.860. The Labute approximate surface area is 105 Å². The van der Waals surface area contributed by atoms with Gasteiger partial charge in [0.05, 0.1) is 0 Å². The standard InChI is InChI=1S/C15H24N2/c1-12-6-7-15(10-12)17-9-8-13-4-2-3-5-14(13)11-16/h2-5,12,15,17H,6-11,16H2,1H3. The van der Waals surface area contributed by atoms with Gasteiger partial charge in [0, 0.05) is 12.6 Å². The minimum absolute atomic E-state index is 0.649. The lowest BCUT2D eigenvalue weighted by Gasteiger charge is -2.13. The highest BCUT2D eigenvalue weighted by Gasteiger charge is 2.20. The lowest BCUT2D eigenvalue weighted by atomic mass is 10.0. The van der Waals surface area contributed by atoms with Crippen molar-refractivity contribution in [2.75, 3.05) is 6.54 Å². The van der Waals surface area contributed by atoms with Gasteiger partial charge in [-0.25, -0.2) is 0 Å².